The zero-order chi connectivity index (χ0) is 14.5. The second kappa shape index (κ2) is 7.33. The molecule has 0 aliphatic rings. The number of rotatable bonds is 6. The van der Waals surface area contributed by atoms with Crippen molar-refractivity contribution in [3.8, 4) is 0 Å². The quantitative estimate of drug-likeness (QED) is 0.797. The molecule has 4 nitrogen and oxygen atoms in total. The molecule has 0 aromatic carbocycles. The summed E-state index contributed by atoms with van der Waals surface area (Å²) in [5.41, 5.74) is 2.10. The van der Waals surface area contributed by atoms with E-state index in [1.165, 1.54) is 0 Å². The first-order valence-corrected chi connectivity index (χ1v) is 8.32. The number of nitrogens with zero attached hydrogens (tertiary/aromatic N) is 3. The molecule has 1 atom stereocenters. The van der Waals surface area contributed by atoms with Gasteiger partial charge in [-0.2, -0.15) is 5.10 Å². The number of nitrogens with one attached hydrogen (secondary N) is 1. The van der Waals surface area contributed by atoms with E-state index in [0.29, 0.717) is 0 Å². The van der Waals surface area contributed by atoms with Crippen molar-refractivity contribution in [2.45, 2.75) is 32.9 Å². The van der Waals surface area contributed by atoms with Gasteiger partial charge in [0.15, 0.2) is 0 Å². The van der Waals surface area contributed by atoms with E-state index in [2.05, 4.69) is 61.1 Å². The van der Waals surface area contributed by atoms with Crippen LogP contribution in [-0.2, 0) is 6.54 Å². The molecule has 0 aliphatic heterocycles. The molecule has 0 bridgehead atoms. The highest BCUT2D eigenvalue weighted by atomic mass is 79.9. The molecule has 0 amide bonds. The Morgan fingerprint density at radius 2 is 2.10 bits per heavy atom. The molecule has 0 aliphatic carbocycles. The third-order valence-corrected chi connectivity index (χ3v) is 4.29. The van der Waals surface area contributed by atoms with E-state index < -0.39 is 0 Å². The van der Waals surface area contributed by atoms with Gasteiger partial charge in [0, 0.05) is 17.2 Å². The third-order valence-electron chi connectivity index (χ3n) is 3.01. The molecule has 0 saturated carbocycles. The molecule has 0 fully saturated rings. The molecule has 1 unspecified atom stereocenters. The first-order chi connectivity index (χ1) is 9.69. The summed E-state index contributed by atoms with van der Waals surface area (Å²) in [6.07, 6.45) is 4.72. The molecule has 0 saturated heterocycles. The van der Waals surface area contributed by atoms with Crippen LogP contribution in [0.4, 0.5) is 0 Å². The number of aryl methyl sites for hydroxylation is 1. The first kappa shape index (κ1) is 15.7. The highest BCUT2D eigenvalue weighted by Crippen LogP contribution is 2.31. The predicted octanol–water partition coefficient (Wildman–Crippen LogP) is 3.91. The highest BCUT2D eigenvalue weighted by molar-refractivity contribution is 9.10. The summed E-state index contributed by atoms with van der Waals surface area (Å²) >= 11 is 7.21. The average Bonchev–Trinajstić information content (AvgIpc) is 2.79. The van der Waals surface area contributed by atoms with Crippen LogP contribution in [0, 0.1) is 0 Å². The van der Waals surface area contributed by atoms with Crippen LogP contribution in [0.2, 0.25) is 0 Å². The van der Waals surface area contributed by atoms with Gasteiger partial charge in [-0.15, -0.1) is 0 Å². The van der Waals surface area contributed by atoms with Gasteiger partial charge in [-0.3, -0.25) is 9.67 Å². The lowest BCUT2D eigenvalue weighted by Gasteiger charge is -2.20. The summed E-state index contributed by atoms with van der Waals surface area (Å²) in [7, 11) is 0. The van der Waals surface area contributed by atoms with Gasteiger partial charge in [-0.25, -0.2) is 0 Å². The summed E-state index contributed by atoms with van der Waals surface area (Å²) in [6, 6.07) is 3.95. The molecule has 2 aromatic heterocycles. The zero-order valence-electron chi connectivity index (χ0n) is 11.6. The van der Waals surface area contributed by atoms with Crippen LogP contribution in [-0.4, -0.2) is 21.3 Å². The smallest absolute Gasteiger partial charge is 0.0944 e. The highest BCUT2D eigenvalue weighted by Gasteiger charge is 2.23. The minimum atomic E-state index is 0.0130. The van der Waals surface area contributed by atoms with Crippen molar-refractivity contribution in [2.75, 3.05) is 6.54 Å². The fraction of sp³-hybridized carbons (Fsp3) is 0.429. The summed E-state index contributed by atoms with van der Waals surface area (Å²) in [5.74, 6) is 0. The van der Waals surface area contributed by atoms with Gasteiger partial charge in [0.05, 0.1) is 28.1 Å². The Kier molecular flexibility index (Phi) is 5.74. The van der Waals surface area contributed by atoms with Gasteiger partial charge in [0.25, 0.3) is 0 Å². The fourth-order valence-electron chi connectivity index (χ4n) is 2.19. The molecule has 2 rings (SSSR count). The van der Waals surface area contributed by atoms with Crippen molar-refractivity contribution in [3.05, 3.63) is 44.9 Å². The van der Waals surface area contributed by atoms with Gasteiger partial charge < -0.3 is 5.32 Å². The lowest BCUT2D eigenvalue weighted by molar-refractivity contribution is 0.512. The summed E-state index contributed by atoms with van der Waals surface area (Å²) in [4.78, 5) is 4.52. The van der Waals surface area contributed by atoms with Crippen molar-refractivity contribution >= 4 is 31.9 Å². The standard InChI is InChI=1S/C14H18Br2N4/c1-3-8-20-14(11(16)9-19-20)13(17-4-2)12-10(15)6-5-7-18-12/h5-7,9,13,17H,3-4,8H2,1-2H3. The number of halogens is 2. The maximum atomic E-state index is 4.52. The van der Waals surface area contributed by atoms with Crippen molar-refractivity contribution < 1.29 is 0 Å². The lowest BCUT2D eigenvalue weighted by Crippen LogP contribution is -2.26. The summed E-state index contributed by atoms with van der Waals surface area (Å²) in [6.45, 7) is 6.00. The van der Waals surface area contributed by atoms with Gasteiger partial charge in [-0.05, 0) is 57.0 Å². The largest absolute Gasteiger partial charge is 0.304 e. The van der Waals surface area contributed by atoms with E-state index in [9.17, 15) is 0 Å². The van der Waals surface area contributed by atoms with E-state index in [0.717, 1.165) is 39.8 Å². The van der Waals surface area contributed by atoms with E-state index in [4.69, 9.17) is 0 Å². The molecule has 2 heterocycles. The Labute approximate surface area is 136 Å². The Morgan fingerprint density at radius 1 is 1.30 bits per heavy atom. The second-order valence-electron chi connectivity index (χ2n) is 4.46. The second-order valence-corrected chi connectivity index (χ2v) is 6.17. The minimum Gasteiger partial charge on any atom is -0.304 e. The maximum absolute atomic E-state index is 4.52. The fourth-order valence-corrected chi connectivity index (χ4v) is 3.20. The van der Waals surface area contributed by atoms with Crippen LogP contribution in [0.15, 0.2) is 33.5 Å². The van der Waals surface area contributed by atoms with Crippen molar-refractivity contribution in [3.63, 3.8) is 0 Å². The van der Waals surface area contributed by atoms with Crippen molar-refractivity contribution in [2.24, 2.45) is 0 Å². The Bertz CT molecular complexity index is 568. The van der Waals surface area contributed by atoms with E-state index in [1.54, 1.807) is 0 Å². The molecule has 2 aromatic rings. The lowest BCUT2D eigenvalue weighted by atomic mass is 10.1. The molecule has 0 spiro atoms. The van der Waals surface area contributed by atoms with Gasteiger partial charge in [-0.1, -0.05) is 13.8 Å². The number of aromatic nitrogens is 3. The van der Waals surface area contributed by atoms with E-state index >= 15 is 0 Å². The van der Waals surface area contributed by atoms with E-state index in [-0.39, 0.29) is 6.04 Å². The van der Waals surface area contributed by atoms with Crippen LogP contribution in [0.25, 0.3) is 0 Å². The van der Waals surface area contributed by atoms with Crippen LogP contribution in [0.1, 0.15) is 37.7 Å². The summed E-state index contributed by atoms with van der Waals surface area (Å²) in [5, 5.41) is 7.95. The Hall–Kier alpha value is -0.720. The van der Waals surface area contributed by atoms with Crippen LogP contribution in [0.3, 0.4) is 0 Å². The van der Waals surface area contributed by atoms with Crippen molar-refractivity contribution in [1.82, 2.24) is 20.1 Å². The van der Waals surface area contributed by atoms with Gasteiger partial charge in [0.1, 0.15) is 0 Å². The van der Waals surface area contributed by atoms with Crippen molar-refractivity contribution in [1.29, 1.82) is 0 Å². The maximum Gasteiger partial charge on any atom is 0.0944 e. The molecule has 108 valence electrons. The average molecular weight is 402 g/mol. The number of hydrogen-bond donors (Lipinski definition) is 1. The monoisotopic (exact) mass is 400 g/mol. The van der Waals surface area contributed by atoms with Crippen LogP contribution >= 0.6 is 31.9 Å². The topological polar surface area (TPSA) is 42.7 Å². The van der Waals surface area contributed by atoms with Crippen LogP contribution < -0.4 is 5.32 Å². The molecule has 0 radical (unpaired) electrons. The third kappa shape index (κ3) is 3.30. The van der Waals surface area contributed by atoms with Crippen LogP contribution in [0.5, 0.6) is 0 Å². The molecule has 6 heteroatoms. The zero-order valence-corrected chi connectivity index (χ0v) is 14.8. The number of hydrogen-bond acceptors (Lipinski definition) is 3. The minimum absolute atomic E-state index is 0.0130. The normalized spacial score (nSPS) is 12.6. The molecular formula is C14H18Br2N4. The number of pyridine rings is 1. The Morgan fingerprint density at radius 3 is 2.75 bits per heavy atom. The van der Waals surface area contributed by atoms with E-state index in [1.807, 2.05) is 29.2 Å². The SMILES string of the molecule is CCCn1ncc(Br)c1C(NCC)c1ncccc1Br. The summed E-state index contributed by atoms with van der Waals surface area (Å²) < 4.78 is 4.05. The molecular weight excluding hydrogens is 384 g/mol. The molecule has 20 heavy (non-hydrogen) atoms. The predicted molar refractivity (Wildman–Crippen MR) is 87.7 cm³/mol. The van der Waals surface area contributed by atoms with Gasteiger partial charge in [0.2, 0.25) is 0 Å². The first-order valence-electron chi connectivity index (χ1n) is 6.74. The Balaban J connectivity index is 2.49. The molecule has 1 N–H and O–H groups in total. The van der Waals surface area contributed by atoms with Gasteiger partial charge >= 0.3 is 0 Å².